The molecule has 1 fully saturated rings. The Hall–Kier alpha value is -1.39. The zero-order chi connectivity index (χ0) is 12.0. The molecule has 0 aliphatic carbocycles. The number of rotatable bonds is 2. The number of hydrogen-bond donors (Lipinski definition) is 1. The molecule has 0 aromatic rings. The molecule has 1 aliphatic heterocycles. The van der Waals surface area contributed by atoms with Crippen molar-refractivity contribution in [3.8, 4) is 0 Å². The van der Waals surface area contributed by atoms with E-state index >= 15 is 0 Å². The van der Waals surface area contributed by atoms with Gasteiger partial charge in [0.05, 0.1) is 6.61 Å². The first-order valence-electron chi connectivity index (χ1n) is 5.61. The number of hydrogen-bond acceptors (Lipinski definition) is 4. The summed E-state index contributed by atoms with van der Waals surface area (Å²) in [4.78, 5) is 34.4. The molecule has 0 radical (unpaired) electrons. The Morgan fingerprint density at radius 3 is 2.88 bits per heavy atom. The van der Waals surface area contributed by atoms with E-state index in [1.54, 1.807) is 6.92 Å². The van der Waals surface area contributed by atoms with Crippen molar-refractivity contribution in [2.45, 2.75) is 32.6 Å². The number of esters is 1. The van der Waals surface area contributed by atoms with Crippen LogP contribution in [-0.4, -0.2) is 30.8 Å². The van der Waals surface area contributed by atoms with E-state index in [0.717, 1.165) is 0 Å². The van der Waals surface area contributed by atoms with Crippen LogP contribution in [0.3, 0.4) is 0 Å². The molecule has 1 atom stereocenters. The Morgan fingerprint density at radius 2 is 2.19 bits per heavy atom. The van der Waals surface area contributed by atoms with Gasteiger partial charge in [0.25, 0.3) is 0 Å². The van der Waals surface area contributed by atoms with Gasteiger partial charge in [-0.1, -0.05) is 0 Å². The summed E-state index contributed by atoms with van der Waals surface area (Å²) in [5.74, 6) is -1.34. The minimum absolute atomic E-state index is 0.0580. The number of amides is 1. The van der Waals surface area contributed by atoms with Crippen LogP contribution in [0.2, 0.25) is 0 Å². The van der Waals surface area contributed by atoms with Crippen molar-refractivity contribution in [3.63, 3.8) is 0 Å². The van der Waals surface area contributed by atoms with E-state index in [1.165, 1.54) is 0 Å². The zero-order valence-corrected chi connectivity index (χ0v) is 9.45. The van der Waals surface area contributed by atoms with Crippen molar-refractivity contribution in [2.24, 2.45) is 5.92 Å². The second kappa shape index (κ2) is 6.25. The van der Waals surface area contributed by atoms with Gasteiger partial charge < -0.3 is 10.1 Å². The molecule has 16 heavy (non-hydrogen) atoms. The number of ketones is 1. The highest BCUT2D eigenvalue weighted by molar-refractivity contribution is 5.99. The molecule has 0 saturated carbocycles. The van der Waals surface area contributed by atoms with Crippen LogP contribution in [-0.2, 0) is 19.1 Å². The summed E-state index contributed by atoms with van der Waals surface area (Å²) in [6.07, 6.45) is 1.52. The van der Waals surface area contributed by atoms with Gasteiger partial charge in [0.1, 0.15) is 11.7 Å². The summed E-state index contributed by atoms with van der Waals surface area (Å²) >= 11 is 0. The Bertz CT molecular complexity index is 288. The lowest BCUT2D eigenvalue weighted by molar-refractivity contribution is -0.151. The molecular weight excluding hydrogens is 210 g/mol. The Balaban J connectivity index is 2.62. The van der Waals surface area contributed by atoms with Gasteiger partial charge in [-0.25, -0.2) is 0 Å². The van der Waals surface area contributed by atoms with E-state index in [1.807, 2.05) is 0 Å². The van der Waals surface area contributed by atoms with Crippen LogP contribution in [0.4, 0.5) is 0 Å². The van der Waals surface area contributed by atoms with Crippen molar-refractivity contribution < 1.29 is 19.1 Å². The maximum atomic E-state index is 11.7. The normalized spacial score (nSPS) is 22.7. The zero-order valence-electron chi connectivity index (χ0n) is 9.45. The van der Waals surface area contributed by atoms with Crippen LogP contribution in [0.1, 0.15) is 32.6 Å². The summed E-state index contributed by atoms with van der Waals surface area (Å²) in [7, 11) is 0. The molecule has 1 saturated heterocycles. The molecular formula is C11H17NO4. The largest absolute Gasteiger partial charge is 0.465 e. The number of ether oxygens (including phenoxy) is 1. The van der Waals surface area contributed by atoms with Gasteiger partial charge in [0.15, 0.2) is 0 Å². The third-order valence-corrected chi connectivity index (χ3v) is 2.55. The van der Waals surface area contributed by atoms with E-state index in [-0.39, 0.29) is 24.7 Å². The lowest BCUT2D eigenvalue weighted by Crippen LogP contribution is -2.28. The van der Waals surface area contributed by atoms with E-state index in [0.29, 0.717) is 25.8 Å². The summed E-state index contributed by atoms with van der Waals surface area (Å²) in [6, 6.07) is 0. The van der Waals surface area contributed by atoms with E-state index in [9.17, 15) is 14.4 Å². The summed E-state index contributed by atoms with van der Waals surface area (Å²) in [5.41, 5.74) is 0. The van der Waals surface area contributed by atoms with Gasteiger partial charge in [-0.05, 0) is 19.8 Å². The maximum Gasteiger partial charge on any atom is 0.316 e. The summed E-state index contributed by atoms with van der Waals surface area (Å²) in [5, 5.41) is 2.63. The first-order chi connectivity index (χ1) is 7.65. The van der Waals surface area contributed by atoms with Crippen molar-refractivity contribution in [2.75, 3.05) is 13.2 Å². The van der Waals surface area contributed by atoms with Crippen molar-refractivity contribution >= 4 is 17.7 Å². The molecule has 5 heteroatoms. The van der Waals surface area contributed by atoms with Gasteiger partial charge in [-0.3, -0.25) is 14.4 Å². The molecule has 90 valence electrons. The fourth-order valence-corrected chi connectivity index (χ4v) is 1.71. The highest BCUT2D eigenvalue weighted by Gasteiger charge is 2.28. The Morgan fingerprint density at radius 1 is 1.44 bits per heavy atom. The van der Waals surface area contributed by atoms with Crippen molar-refractivity contribution in [3.05, 3.63) is 0 Å². The van der Waals surface area contributed by atoms with Crippen LogP contribution in [0.5, 0.6) is 0 Å². The molecule has 0 aromatic heterocycles. The molecule has 1 aliphatic rings. The quantitative estimate of drug-likeness (QED) is 0.548. The van der Waals surface area contributed by atoms with Gasteiger partial charge in [0, 0.05) is 19.4 Å². The second-order valence-corrected chi connectivity index (χ2v) is 3.76. The third-order valence-electron chi connectivity index (χ3n) is 2.55. The van der Waals surface area contributed by atoms with Crippen LogP contribution >= 0.6 is 0 Å². The summed E-state index contributed by atoms with van der Waals surface area (Å²) < 4.78 is 4.85. The van der Waals surface area contributed by atoms with E-state index in [4.69, 9.17) is 4.74 Å². The molecule has 1 heterocycles. The predicted octanol–water partition coefficient (Wildman–Crippen LogP) is 0.425. The maximum absolute atomic E-state index is 11.7. The van der Waals surface area contributed by atoms with Crippen LogP contribution in [0, 0.1) is 5.92 Å². The minimum Gasteiger partial charge on any atom is -0.465 e. The van der Waals surface area contributed by atoms with Crippen molar-refractivity contribution in [1.29, 1.82) is 0 Å². The van der Waals surface area contributed by atoms with Crippen LogP contribution in [0.25, 0.3) is 0 Å². The Labute approximate surface area is 94.5 Å². The van der Waals surface area contributed by atoms with Crippen LogP contribution < -0.4 is 5.32 Å². The highest BCUT2D eigenvalue weighted by atomic mass is 16.5. The first kappa shape index (κ1) is 12.7. The minimum atomic E-state index is -0.687. The lowest BCUT2D eigenvalue weighted by Gasteiger charge is -2.12. The molecule has 5 nitrogen and oxygen atoms in total. The lowest BCUT2D eigenvalue weighted by atomic mass is 9.96. The third kappa shape index (κ3) is 3.64. The molecule has 1 rings (SSSR count). The molecule has 0 bridgehead atoms. The number of carbonyl (C=O) groups excluding carboxylic acids is 3. The summed E-state index contributed by atoms with van der Waals surface area (Å²) in [6.45, 7) is 2.30. The smallest absolute Gasteiger partial charge is 0.316 e. The standard InChI is InChI=1S/C11H17NO4/c1-2-16-11(15)8-4-3-5-10(14)12-7-6-9(8)13/h8H,2-7H2,1H3,(H,12,14). The fraction of sp³-hybridized carbons (Fsp3) is 0.727. The second-order valence-electron chi connectivity index (χ2n) is 3.76. The van der Waals surface area contributed by atoms with Gasteiger partial charge in [0.2, 0.25) is 5.91 Å². The van der Waals surface area contributed by atoms with E-state index < -0.39 is 11.9 Å². The number of carbonyl (C=O) groups is 3. The fourth-order valence-electron chi connectivity index (χ4n) is 1.71. The average molecular weight is 227 g/mol. The Kier molecular flexibility index (Phi) is 4.95. The molecule has 1 unspecified atom stereocenters. The molecule has 1 amide bonds. The number of nitrogens with one attached hydrogen (secondary N) is 1. The topological polar surface area (TPSA) is 72.5 Å². The molecule has 0 spiro atoms. The SMILES string of the molecule is CCOC(=O)C1CCCC(=O)NCCC1=O. The van der Waals surface area contributed by atoms with Crippen LogP contribution in [0.15, 0.2) is 0 Å². The molecule has 0 aromatic carbocycles. The first-order valence-corrected chi connectivity index (χ1v) is 5.61. The molecule has 1 N–H and O–H groups in total. The van der Waals surface area contributed by atoms with Gasteiger partial charge >= 0.3 is 5.97 Å². The highest BCUT2D eigenvalue weighted by Crippen LogP contribution is 2.15. The van der Waals surface area contributed by atoms with Crippen molar-refractivity contribution in [1.82, 2.24) is 5.32 Å². The van der Waals surface area contributed by atoms with Gasteiger partial charge in [-0.2, -0.15) is 0 Å². The predicted molar refractivity (Wildman–Crippen MR) is 56.6 cm³/mol. The monoisotopic (exact) mass is 227 g/mol. The van der Waals surface area contributed by atoms with E-state index in [2.05, 4.69) is 5.32 Å². The average Bonchev–Trinajstić information content (AvgIpc) is 2.30. The van der Waals surface area contributed by atoms with Gasteiger partial charge in [-0.15, -0.1) is 0 Å². The number of Topliss-reactive ketones (excluding diaryl/α,β-unsaturated/α-hetero) is 1.